The molecule has 0 spiro atoms. The number of halogens is 1. The van der Waals surface area contributed by atoms with E-state index in [1.165, 1.54) is 4.90 Å². The molecule has 3 rings (SSSR count). The van der Waals surface area contributed by atoms with Crippen LogP contribution in [0.2, 0.25) is 5.02 Å². The molecule has 1 heterocycles. The highest BCUT2D eigenvalue weighted by Crippen LogP contribution is 2.34. The quantitative estimate of drug-likeness (QED) is 0.913. The third-order valence-electron chi connectivity index (χ3n) is 4.06. The zero-order valence-electron chi connectivity index (χ0n) is 14.1. The van der Waals surface area contributed by atoms with E-state index in [1.807, 2.05) is 43.3 Å². The lowest BCUT2D eigenvalue weighted by molar-refractivity contribution is -0.128. The molecule has 0 aromatic heterocycles. The van der Waals surface area contributed by atoms with E-state index in [0.29, 0.717) is 23.0 Å². The van der Waals surface area contributed by atoms with Gasteiger partial charge < -0.3 is 10.1 Å². The summed E-state index contributed by atoms with van der Waals surface area (Å²) in [6.45, 7) is 3.86. The van der Waals surface area contributed by atoms with Crippen molar-refractivity contribution in [3.05, 3.63) is 58.6 Å². The molecule has 0 saturated carbocycles. The topological polar surface area (TPSA) is 58.6 Å². The number of hydrogen-bond donors (Lipinski definition) is 1. The Labute approximate surface area is 151 Å². The average molecular weight is 359 g/mol. The Morgan fingerprint density at radius 2 is 2.04 bits per heavy atom. The number of nitrogens with one attached hydrogen (secondary N) is 1. The van der Waals surface area contributed by atoms with Crippen molar-refractivity contribution >= 4 is 29.1 Å². The Kier molecular flexibility index (Phi) is 4.95. The van der Waals surface area contributed by atoms with Crippen molar-refractivity contribution in [3.63, 3.8) is 0 Å². The van der Waals surface area contributed by atoms with E-state index in [9.17, 15) is 9.59 Å². The van der Waals surface area contributed by atoms with Crippen LogP contribution in [-0.4, -0.2) is 24.5 Å². The first kappa shape index (κ1) is 17.3. The van der Waals surface area contributed by atoms with Gasteiger partial charge in [-0.3, -0.25) is 14.5 Å². The van der Waals surface area contributed by atoms with E-state index in [1.54, 1.807) is 13.0 Å². The number of amides is 2. The summed E-state index contributed by atoms with van der Waals surface area (Å²) in [4.78, 5) is 26.3. The van der Waals surface area contributed by atoms with E-state index in [2.05, 4.69) is 5.32 Å². The molecule has 0 saturated heterocycles. The Morgan fingerprint density at radius 1 is 1.28 bits per heavy atom. The number of ether oxygens (including phenoxy) is 1. The predicted molar refractivity (Wildman–Crippen MR) is 96.9 cm³/mol. The second kappa shape index (κ2) is 7.15. The van der Waals surface area contributed by atoms with Gasteiger partial charge in [0.05, 0.1) is 5.69 Å². The summed E-state index contributed by atoms with van der Waals surface area (Å²) in [6.07, 6.45) is -0.619. The summed E-state index contributed by atoms with van der Waals surface area (Å²) in [5.41, 5.74) is 2.44. The molecule has 2 amide bonds. The maximum absolute atomic E-state index is 12.5. The van der Waals surface area contributed by atoms with E-state index in [4.69, 9.17) is 16.3 Å². The highest BCUT2D eigenvalue weighted by molar-refractivity contribution is 6.31. The molecule has 1 N–H and O–H groups in total. The first-order valence-corrected chi connectivity index (χ1v) is 8.42. The molecule has 6 heteroatoms. The highest BCUT2D eigenvalue weighted by Gasteiger charge is 2.32. The first-order valence-electron chi connectivity index (χ1n) is 8.04. The number of benzene rings is 2. The predicted octanol–water partition coefficient (Wildman–Crippen LogP) is 3.08. The fourth-order valence-corrected chi connectivity index (χ4v) is 2.92. The summed E-state index contributed by atoms with van der Waals surface area (Å²) in [5, 5.41) is 3.41. The number of hydrogen-bond acceptors (Lipinski definition) is 3. The van der Waals surface area contributed by atoms with Crippen LogP contribution in [0, 0.1) is 6.92 Å². The number of carbonyl (C=O) groups is 2. The molecule has 2 aromatic carbocycles. The Bertz CT molecular complexity index is 822. The van der Waals surface area contributed by atoms with Gasteiger partial charge in [0.25, 0.3) is 5.91 Å². The molecule has 1 atom stereocenters. The van der Waals surface area contributed by atoms with Crippen LogP contribution in [-0.2, 0) is 16.1 Å². The van der Waals surface area contributed by atoms with Gasteiger partial charge in [-0.05, 0) is 43.2 Å². The minimum atomic E-state index is -0.619. The van der Waals surface area contributed by atoms with Crippen LogP contribution in [0.3, 0.4) is 0 Å². The molecular weight excluding hydrogens is 340 g/mol. The van der Waals surface area contributed by atoms with Gasteiger partial charge in [-0.1, -0.05) is 35.9 Å². The van der Waals surface area contributed by atoms with Crippen LogP contribution in [0.25, 0.3) is 0 Å². The maximum atomic E-state index is 12.5. The summed E-state index contributed by atoms with van der Waals surface area (Å²) in [5.74, 6) is 0.123. The first-order chi connectivity index (χ1) is 12.0. The van der Waals surface area contributed by atoms with Gasteiger partial charge in [0, 0.05) is 11.6 Å². The molecule has 1 aliphatic rings. The van der Waals surface area contributed by atoms with E-state index in [0.717, 1.165) is 11.1 Å². The van der Waals surface area contributed by atoms with Gasteiger partial charge in [0.2, 0.25) is 5.91 Å². The van der Waals surface area contributed by atoms with Crippen molar-refractivity contribution in [2.45, 2.75) is 26.5 Å². The zero-order chi connectivity index (χ0) is 18.0. The minimum Gasteiger partial charge on any atom is -0.479 e. The van der Waals surface area contributed by atoms with Crippen molar-refractivity contribution in [1.29, 1.82) is 0 Å². The molecule has 1 aliphatic heterocycles. The highest BCUT2D eigenvalue weighted by atomic mass is 35.5. The SMILES string of the molecule is Cc1ccc2c(c1)N(CC(=O)NCc1ccccc1Cl)C(=O)[C@H](C)O2. The van der Waals surface area contributed by atoms with Crippen LogP contribution in [0.15, 0.2) is 42.5 Å². The lowest BCUT2D eigenvalue weighted by Gasteiger charge is -2.32. The molecule has 5 nitrogen and oxygen atoms in total. The van der Waals surface area contributed by atoms with E-state index in [-0.39, 0.29) is 18.4 Å². The molecule has 2 aromatic rings. The maximum Gasteiger partial charge on any atom is 0.268 e. The number of rotatable bonds is 4. The molecule has 25 heavy (non-hydrogen) atoms. The molecule has 0 radical (unpaired) electrons. The van der Waals surface area contributed by atoms with Crippen LogP contribution in [0.5, 0.6) is 5.75 Å². The third-order valence-corrected chi connectivity index (χ3v) is 4.43. The Morgan fingerprint density at radius 3 is 2.80 bits per heavy atom. The zero-order valence-corrected chi connectivity index (χ0v) is 14.8. The van der Waals surface area contributed by atoms with Gasteiger partial charge in [-0.2, -0.15) is 0 Å². The monoisotopic (exact) mass is 358 g/mol. The smallest absolute Gasteiger partial charge is 0.268 e. The van der Waals surface area contributed by atoms with E-state index < -0.39 is 6.10 Å². The molecule has 0 bridgehead atoms. The molecular formula is C19H19ClN2O3. The number of nitrogens with zero attached hydrogens (tertiary/aromatic N) is 1. The van der Waals surface area contributed by atoms with Crippen molar-refractivity contribution < 1.29 is 14.3 Å². The lowest BCUT2D eigenvalue weighted by atomic mass is 10.1. The number of aryl methyl sites for hydroxylation is 1. The standard InChI is InChI=1S/C19H19ClN2O3/c1-12-7-8-17-16(9-12)22(19(24)13(2)25-17)11-18(23)21-10-14-5-3-4-6-15(14)20/h3-9,13H,10-11H2,1-2H3,(H,21,23)/t13-/m0/s1. The summed E-state index contributed by atoms with van der Waals surface area (Å²) >= 11 is 6.09. The van der Waals surface area contributed by atoms with Crippen molar-refractivity contribution in [1.82, 2.24) is 5.32 Å². The Hall–Kier alpha value is -2.53. The summed E-state index contributed by atoms with van der Waals surface area (Å²) in [7, 11) is 0. The largest absolute Gasteiger partial charge is 0.479 e. The van der Waals surface area contributed by atoms with Gasteiger partial charge in [-0.15, -0.1) is 0 Å². The van der Waals surface area contributed by atoms with Crippen LogP contribution in [0.1, 0.15) is 18.1 Å². The Balaban J connectivity index is 1.73. The van der Waals surface area contributed by atoms with Crippen molar-refractivity contribution in [3.8, 4) is 5.75 Å². The van der Waals surface area contributed by atoms with Crippen LogP contribution < -0.4 is 15.0 Å². The molecule has 130 valence electrons. The van der Waals surface area contributed by atoms with Crippen LogP contribution in [0.4, 0.5) is 5.69 Å². The van der Waals surface area contributed by atoms with Crippen LogP contribution >= 0.6 is 11.6 Å². The van der Waals surface area contributed by atoms with E-state index >= 15 is 0 Å². The van der Waals surface area contributed by atoms with Crippen molar-refractivity contribution in [2.24, 2.45) is 0 Å². The van der Waals surface area contributed by atoms with Gasteiger partial charge in [0.1, 0.15) is 12.3 Å². The molecule has 0 unspecified atom stereocenters. The average Bonchev–Trinajstić information content (AvgIpc) is 2.59. The molecule has 0 aliphatic carbocycles. The number of carbonyl (C=O) groups excluding carboxylic acids is 2. The number of fused-ring (bicyclic) bond motifs is 1. The minimum absolute atomic E-state index is 0.0621. The summed E-state index contributed by atoms with van der Waals surface area (Å²) in [6, 6.07) is 12.9. The summed E-state index contributed by atoms with van der Waals surface area (Å²) < 4.78 is 5.62. The third kappa shape index (κ3) is 3.77. The van der Waals surface area contributed by atoms with Gasteiger partial charge in [-0.25, -0.2) is 0 Å². The van der Waals surface area contributed by atoms with Gasteiger partial charge in [0.15, 0.2) is 6.10 Å². The number of anilines is 1. The van der Waals surface area contributed by atoms with Gasteiger partial charge >= 0.3 is 0 Å². The second-order valence-corrected chi connectivity index (χ2v) is 6.43. The second-order valence-electron chi connectivity index (χ2n) is 6.02. The fraction of sp³-hybridized carbons (Fsp3) is 0.263. The lowest BCUT2D eigenvalue weighted by Crippen LogP contribution is -2.48. The normalized spacial score (nSPS) is 16.2. The van der Waals surface area contributed by atoms with Crippen molar-refractivity contribution in [2.75, 3.05) is 11.4 Å². The fourth-order valence-electron chi connectivity index (χ4n) is 2.72. The molecule has 0 fully saturated rings.